The van der Waals surface area contributed by atoms with Crippen molar-refractivity contribution < 1.29 is 14.5 Å². The average Bonchev–Trinajstić information content (AvgIpc) is 2.78. The number of nitro groups is 1. The van der Waals surface area contributed by atoms with Crippen LogP contribution in [0.4, 0.5) is 5.69 Å². The number of ether oxygens (including phenoxy) is 1. The molecule has 3 rings (SSSR count). The van der Waals surface area contributed by atoms with Gasteiger partial charge >= 0.3 is 0 Å². The van der Waals surface area contributed by atoms with Crippen LogP contribution in [-0.2, 0) is 10.3 Å². The predicted molar refractivity (Wildman–Crippen MR) is 112 cm³/mol. The highest BCUT2D eigenvalue weighted by molar-refractivity contribution is 6.04. The molecule has 0 fully saturated rings. The van der Waals surface area contributed by atoms with Crippen molar-refractivity contribution >= 4 is 11.5 Å². The molecule has 5 heteroatoms. The van der Waals surface area contributed by atoms with Crippen LogP contribution >= 0.6 is 0 Å². The molecule has 0 unspecified atom stereocenters. The maximum Gasteiger partial charge on any atom is 0.269 e. The van der Waals surface area contributed by atoms with E-state index in [1.165, 1.54) is 19.2 Å². The molecule has 0 amide bonds. The molecule has 0 heterocycles. The maximum atomic E-state index is 13.8. The monoisotopic (exact) mass is 387 g/mol. The first kappa shape index (κ1) is 20.2. The van der Waals surface area contributed by atoms with Crippen molar-refractivity contribution in [2.75, 3.05) is 7.11 Å². The molecule has 0 N–H and O–H groups in total. The summed E-state index contributed by atoms with van der Waals surface area (Å²) >= 11 is 0. The zero-order valence-electron chi connectivity index (χ0n) is 16.0. The maximum absolute atomic E-state index is 13.8. The van der Waals surface area contributed by atoms with Crippen molar-refractivity contribution in [3.63, 3.8) is 0 Å². The highest BCUT2D eigenvalue weighted by Crippen LogP contribution is 2.43. The quantitative estimate of drug-likeness (QED) is 0.228. The Morgan fingerprint density at radius 2 is 1.55 bits per heavy atom. The smallest absolute Gasteiger partial charge is 0.269 e. The lowest BCUT2D eigenvalue weighted by Gasteiger charge is -2.37. The third-order valence-corrected chi connectivity index (χ3v) is 5.03. The van der Waals surface area contributed by atoms with Crippen LogP contribution in [0.1, 0.15) is 27.4 Å². The summed E-state index contributed by atoms with van der Waals surface area (Å²) in [5.74, 6) is -0.779. The van der Waals surface area contributed by atoms with E-state index in [0.29, 0.717) is 16.7 Å². The summed E-state index contributed by atoms with van der Waals surface area (Å²) < 4.78 is 5.97. The van der Waals surface area contributed by atoms with Crippen molar-refractivity contribution in [3.8, 4) is 0 Å². The van der Waals surface area contributed by atoms with E-state index in [2.05, 4.69) is 6.58 Å². The first-order chi connectivity index (χ1) is 14.0. The summed E-state index contributed by atoms with van der Waals surface area (Å²) in [6.45, 7) is 3.94. The van der Waals surface area contributed by atoms with Gasteiger partial charge in [-0.2, -0.15) is 0 Å². The lowest BCUT2D eigenvalue weighted by atomic mass is 9.72. The van der Waals surface area contributed by atoms with E-state index < -0.39 is 16.4 Å². The number of carbonyl (C=O) groups is 1. The summed E-state index contributed by atoms with van der Waals surface area (Å²) in [5.41, 5.74) is 0.487. The fraction of sp³-hybridized carbons (Fsp3) is 0.125. The lowest BCUT2D eigenvalue weighted by Crippen LogP contribution is -2.43. The van der Waals surface area contributed by atoms with E-state index in [1.54, 1.807) is 42.5 Å². The van der Waals surface area contributed by atoms with Gasteiger partial charge in [0.25, 0.3) is 5.69 Å². The van der Waals surface area contributed by atoms with E-state index in [1.807, 2.05) is 36.4 Å². The first-order valence-corrected chi connectivity index (χ1v) is 9.12. The minimum atomic E-state index is -1.37. The largest absolute Gasteiger partial charge is 0.364 e. The second-order valence-electron chi connectivity index (χ2n) is 6.56. The van der Waals surface area contributed by atoms with Crippen molar-refractivity contribution in [3.05, 3.63) is 124 Å². The highest BCUT2D eigenvalue weighted by Gasteiger charge is 2.47. The van der Waals surface area contributed by atoms with Crippen molar-refractivity contribution in [2.24, 2.45) is 0 Å². The van der Waals surface area contributed by atoms with Crippen molar-refractivity contribution in [1.82, 2.24) is 0 Å². The minimum absolute atomic E-state index is 0.0197. The molecule has 0 aliphatic rings. The number of nitrogens with zero attached hydrogens (tertiary/aromatic N) is 1. The number of hydrogen-bond acceptors (Lipinski definition) is 4. The second-order valence-corrected chi connectivity index (χ2v) is 6.56. The van der Waals surface area contributed by atoms with E-state index in [0.717, 1.165) is 0 Å². The van der Waals surface area contributed by atoms with Gasteiger partial charge < -0.3 is 4.74 Å². The second kappa shape index (κ2) is 8.63. The Morgan fingerprint density at radius 3 is 2.03 bits per heavy atom. The number of hydrogen-bond donors (Lipinski definition) is 0. The SMILES string of the molecule is C=C[C@H](c1ccc([N+](=O)[O-])cc1)[C@@](OC)(C(=O)c1ccccc1)c1ccccc1. The van der Waals surface area contributed by atoms with Crippen LogP contribution in [-0.4, -0.2) is 17.8 Å². The molecular formula is C24H21NO4. The number of rotatable bonds is 8. The van der Waals surface area contributed by atoms with Gasteiger partial charge in [-0.15, -0.1) is 6.58 Å². The van der Waals surface area contributed by atoms with Gasteiger partial charge in [-0.1, -0.05) is 78.9 Å². The van der Waals surface area contributed by atoms with Crippen LogP contribution in [0.15, 0.2) is 97.6 Å². The number of benzene rings is 3. The topological polar surface area (TPSA) is 69.4 Å². The normalized spacial score (nSPS) is 13.8. The van der Waals surface area contributed by atoms with Crippen LogP contribution in [0, 0.1) is 10.1 Å². The molecule has 29 heavy (non-hydrogen) atoms. The molecule has 3 aromatic rings. The van der Waals surface area contributed by atoms with Crippen LogP contribution in [0.2, 0.25) is 0 Å². The summed E-state index contributed by atoms with van der Waals surface area (Å²) in [6, 6.07) is 24.3. The van der Waals surface area contributed by atoms with Crippen LogP contribution in [0.25, 0.3) is 0 Å². The number of ketones is 1. The van der Waals surface area contributed by atoms with E-state index >= 15 is 0 Å². The summed E-state index contributed by atoms with van der Waals surface area (Å²) in [5, 5.41) is 11.0. The standard InChI is InChI=1S/C24H21NO4/c1-3-22(18-14-16-21(17-15-18)25(27)28)24(29-2,20-12-8-5-9-13-20)23(26)19-10-6-4-7-11-19/h3-17,22H,1H2,2H3/t22-,24-/m1/s1. The highest BCUT2D eigenvalue weighted by atomic mass is 16.6. The van der Waals surface area contributed by atoms with Crippen molar-refractivity contribution in [1.29, 1.82) is 0 Å². The van der Waals surface area contributed by atoms with Crippen LogP contribution < -0.4 is 0 Å². The Balaban J connectivity index is 2.21. The number of nitro benzene ring substituents is 1. The molecule has 0 saturated heterocycles. The summed E-state index contributed by atoms with van der Waals surface area (Å²) in [4.78, 5) is 24.3. The van der Waals surface area contributed by atoms with E-state index in [4.69, 9.17) is 4.74 Å². The van der Waals surface area contributed by atoms with Gasteiger partial charge in [-0.05, 0) is 11.1 Å². The summed E-state index contributed by atoms with van der Waals surface area (Å²) in [7, 11) is 1.50. The van der Waals surface area contributed by atoms with Gasteiger partial charge in [-0.25, -0.2) is 0 Å². The van der Waals surface area contributed by atoms with Gasteiger partial charge in [0.15, 0.2) is 11.4 Å². The Bertz CT molecular complexity index is 1000. The van der Waals surface area contributed by atoms with Gasteiger partial charge in [0.05, 0.1) is 4.92 Å². The number of carbonyl (C=O) groups excluding carboxylic acids is 1. The molecule has 0 aliphatic carbocycles. The fourth-order valence-electron chi connectivity index (χ4n) is 3.62. The zero-order valence-corrected chi connectivity index (χ0v) is 16.0. The Kier molecular flexibility index (Phi) is 6.00. The fourth-order valence-corrected chi connectivity index (χ4v) is 3.62. The Hall–Kier alpha value is -3.57. The third-order valence-electron chi connectivity index (χ3n) is 5.03. The molecule has 0 spiro atoms. The molecule has 0 aliphatic heterocycles. The van der Waals surface area contributed by atoms with Crippen LogP contribution in [0.3, 0.4) is 0 Å². The number of methoxy groups -OCH3 is 1. The van der Waals surface area contributed by atoms with Gasteiger partial charge in [0.1, 0.15) is 0 Å². The molecule has 0 radical (unpaired) electrons. The molecular weight excluding hydrogens is 366 g/mol. The Morgan fingerprint density at radius 1 is 1.00 bits per heavy atom. The van der Waals surface area contributed by atoms with Crippen LogP contribution in [0.5, 0.6) is 0 Å². The van der Waals surface area contributed by atoms with Gasteiger partial charge in [0, 0.05) is 30.7 Å². The van der Waals surface area contributed by atoms with E-state index in [-0.39, 0.29) is 11.5 Å². The molecule has 0 saturated carbocycles. The summed E-state index contributed by atoms with van der Waals surface area (Å²) in [6.07, 6.45) is 1.65. The zero-order chi connectivity index (χ0) is 20.9. The number of Topliss-reactive ketones (excluding diaryl/α,β-unsaturated/α-hetero) is 1. The molecule has 2 atom stereocenters. The lowest BCUT2D eigenvalue weighted by molar-refractivity contribution is -0.384. The molecule has 0 bridgehead atoms. The first-order valence-electron chi connectivity index (χ1n) is 9.12. The predicted octanol–water partition coefficient (Wildman–Crippen LogP) is 5.29. The van der Waals surface area contributed by atoms with Gasteiger partial charge in [0.2, 0.25) is 0 Å². The molecule has 3 aromatic carbocycles. The average molecular weight is 387 g/mol. The molecule has 0 aromatic heterocycles. The molecule has 5 nitrogen and oxygen atoms in total. The third kappa shape index (κ3) is 3.73. The number of non-ortho nitro benzene ring substituents is 1. The Labute approximate surface area is 169 Å². The van der Waals surface area contributed by atoms with Gasteiger partial charge in [-0.3, -0.25) is 14.9 Å². The molecule has 146 valence electrons. The van der Waals surface area contributed by atoms with Crippen molar-refractivity contribution in [2.45, 2.75) is 11.5 Å². The van der Waals surface area contributed by atoms with E-state index in [9.17, 15) is 14.9 Å². The minimum Gasteiger partial charge on any atom is -0.364 e.